The third-order valence-electron chi connectivity index (χ3n) is 12.9. The van der Waals surface area contributed by atoms with Gasteiger partial charge in [-0.15, -0.1) is 11.3 Å². The van der Waals surface area contributed by atoms with Crippen molar-refractivity contribution >= 4 is 63.7 Å². The highest BCUT2D eigenvalue weighted by Crippen LogP contribution is 2.40. The predicted molar refractivity (Wildman–Crippen MR) is 277 cm³/mol. The average molecular weight is 1040 g/mol. The molecule has 14 nitrogen and oxygen atoms in total. The molecule has 4 atom stereocenters. The molecule has 2 saturated heterocycles. The molecule has 0 spiro atoms. The number of carbonyl (C=O) groups excluding carboxylic acids is 4. The van der Waals surface area contributed by atoms with Crippen molar-refractivity contribution in [3.8, 4) is 33.4 Å². The number of nitrogens with zero attached hydrogens (tertiary/aromatic N) is 5. The number of anilines is 2. The molecule has 73 heavy (non-hydrogen) atoms. The Kier molecular flexibility index (Phi) is 16.4. The molecule has 0 saturated carbocycles. The van der Waals surface area contributed by atoms with E-state index in [-0.39, 0.29) is 43.0 Å². The first-order chi connectivity index (χ1) is 34.5. The van der Waals surface area contributed by atoms with Crippen LogP contribution in [-0.4, -0.2) is 93.8 Å². The number of thiocarbonyl (C=S) groups is 1. The third-order valence-corrected chi connectivity index (χ3v) is 14.3. The maximum Gasteiger partial charge on any atom is 0.417 e. The highest BCUT2D eigenvalue weighted by atomic mass is 32.1. The van der Waals surface area contributed by atoms with E-state index in [2.05, 4.69) is 15.6 Å². The number of hydrogen-bond acceptors (Lipinski definition) is 11. The van der Waals surface area contributed by atoms with Gasteiger partial charge in [-0.25, -0.2) is 4.98 Å². The number of aryl methyl sites for hydroxylation is 1. The summed E-state index contributed by atoms with van der Waals surface area (Å²) in [6, 6.07) is 25.0. The minimum absolute atomic E-state index is 0.00275. The van der Waals surface area contributed by atoms with E-state index >= 15 is 0 Å². The summed E-state index contributed by atoms with van der Waals surface area (Å²) in [7, 11) is 0. The average Bonchev–Trinajstić information content (AvgIpc) is 4.01. The summed E-state index contributed by atoms with van der Waals surface area (Å²) in [5.74, 6) is -1.21. The zero-order valence-electron chi connectivity index (χ0n) is 41.6. The SMILES string of the molecule is Cc1ncsc1-c1ccc([C@H](C)NC(=O)[C@@H]2C[C@@H](O)CN2C(=O)C(NC(=O)COCCCCOc2ccc(-c3ccc(N4C(=S)N(c5ccc(C#N)c(C(F)(F)F)c5)C(=O)C4(C)C)cc3)cc2)C(C)(C)C)cc1. The lowest BCUT2D eigenvalue weighted by molar-refractivity contribution is -0.144. The summed E-state index contributed by atoms with van der Waals surface area (Å²) in [4.78, 5) is 63.9. The topological polar surface area (TPSA) is 177 Å². The number of aromatic nitrogens is 1. The second kappa shape index (κ2) is 22.2. The van der Waals surface area contributed by atoms with E-state index in [1.807, 2.05) is 95.3 Å². The van der Waals surface area contributed by atoms with Gasteiger partial charge in [0.1, 0.15) is 30.0 Å². The van der Waals surface area contributed by atoms with Crippen LogP contribution in [0.25, 0.3) is 21.6 Å². The molecule has 5 aromatic rings. The summed E-state index contributed by atoms with van der Waals surface area (Å²) in [5, 5.41) is 25.7. The van der Waals surface area contributed by atoms with Gasteiger partial charge >= 0.3 is 6.18 Å². The Morgan fingerprint density at radius 3 is 2.15 bits per heavy atom. The number of aliphatic hydroxyl groups excluding tert-OH is 1. The summed E-state index contributed by atoms with van der Waals surface area (Å²) >= 11 is 7.23. The minimum Gasteiger partial charge on any atom is -0.494 e. The normalized spacial score (nSPS) is 17.6. The number of carbonyl (C=O) groups is 4. The van der Waals surface area contributed by atoms with Crippen molar-refractivity contribution in [2.24, 2.45) is 5.41 Å². The first kappa shape index (κ1) is 54.1. The molecule has 4 aromatic carbocycles. The number of β-amino-alcohol motifs (C(OH)–C–C–N with tert-alkyl or cyclic N) is 1. The van der Waals surface area contributed by atoms with Gasteiger partial charge in [0.15, 0.2) is 5.11 Å². The summed E-state index contributed by atoms with van der Waals surface area (Å²) in [6.45, 7) is 12.9. The molecule has 384 valence electrons. The minimum atomic E-state index is -4.81. The van der Waals surface area contributed by atoms with Gasteiger partial charge in [0, 0.05) is 25.3 Å². The van der Waals surface area contributed by atoms with Gasteiger partial charge in [-0.05, 0) is 123 Å². The highest BCUT2D eigenvalue weighted by Gasteiger charge is 2.51. The van der Waals surface area contributed by atoms with Gasteiger partial charge in [0.05, 0.1) is 57.7 Å². The Labute approximate surface area is 432 Å². The van der Waals surface area contributed by atoms with Crippen LogP contribution in [0.2, 0.25) is 0 Å². The first-order valence-corrected chi connectivity index (χ1v) is 25.1. The first-order valence-electron chi connectivity index (χ1n) is 23.8. The lowest BCUT2D eigenvalue weighted by atomic mass is 9.85. The van der Waals surface area contributed by atoms with E-state index in [1.165, 1.54) is 11.0 Å². The molecule has 0 radical (unpaired) electrons. The van der Waals surface area contributed by atoms with E-state index in [4.69, 9.17) is 21.7 Å². The van der Waals surface area contributed by atoms with E-state index in [1.54, 1.807) is 53.8 Å². The second-order valence-corrected chi connectivity index (χ2v) is 20.9. The molecule has 19 heteroatoms. The molecule has 3 heterocycles. The maximum atomic E-state index is 14.1. The van der Waals surface area contributed by atoms with Crippen LogP contribution >= 0.6 is 23.6 Å². The number of thiazole rings is 1. The number of rotatable bonds is 17. The molecule has 0 bridgehead atoms. The Morgan fingerprint density at radius 2 is 1.55 bits per heavy atom. The molecule has 3 N–H and O–H groups in total. The lowest BCUT2D eigenvalue weighted by Crippen LogP contribution is -2.58. The molecule has 0 aliphatic carbocycles. The summed E-state index contributed by atoms with van der Waals surface area (Å²) in [6.07, 6.45) is -4.41. The number of likely N-dealkylation sites (tertiary alicyclic amines) is 1. The largest absolute Gasteiger partial charge is 0.494 e. The molecule has 4 amide bonds. The molecule has 1 unspecified atom stereocenters. The van der Waals surface area contributed by atoms with Crippen molar-refractivity contribution < 1.29 is 46.9 Å². The van der Waals surface area contributed by atoms with Crippen LogP contribution in [0.1, 0.15) is 89.2 Å². The molecule has 2 aliphatic heterocycles. The van der Waals surface area contributed by atoms with Crippen LogP contribution in [0.3, 0.4) is 0 Å². The number of benzene rings is 4. The molecule has 2 fully saturated rings. The number of nitriles is 1. The van der Waals surface area contributed by atoms with Gasteiger partial charge < -0.3 is 35.0 Å². The Morgan fingerprint density at radius 1 is 0.932 bits per heavy atom. The van der Waals surface area contributed by atoms with Gasteiger partial charge in [-0.2, -0.15) is 18.4 Å². The van der Waals surface area contributed by atoms with Crippen LogP contribution in [0.4, 0.5) is 24.5 Å². The molecular weight excluding hydrogens is 980 g/mol. The maximum absolute atomic E-state index is 14.1. The fourth-order valence-electron chi connectivity index (χ4n) is 8.89. The summed E-state index contributed by atoms with van der Waals surface area (Å²) in [5.41, 5.74) is 3.22. The monoisotopic (exact) mass is 1040 g/mol. The van der Waals surface area contributed by atoms with Crippen LogP contribution in [0, 0.1) is 23.7 Å². The van der Waals surface area contributed by atoms with Crippen molar-refractivity contribution in [1.29, 1.82) is 5.26 Å². The Hall–Kier alpha value is -6.72. The van der Waals surface area contributed by atoms with Crippen molar-refractivity contribution in [2.75, 3.05) is 36.2 Å². The standard InChI is InChI=1S/C54H58F3N7O7S2/c1-32(34-10-12-37(13-11-34)46-33(2)59-31-73-46)60-48(67)44-27-41(65)29-62(44)49(68)47(52(3,4)5)61-45(66)30-70-24-8-9-25-71-42-22-17-36(18-23-42)35-14-19-39(20-15-35)64-51(72)63(50(69)53(64,6)7)40-21-16-38(28-58)43(26-40)54(55,56)57/h10-23,26,31-32,41,44,47,65H,8-9,24-25,27,29-30H2,1-7H3,(H,60,67)(H,61,66)/t32-,41+,44-,47?/m0/s1. The number of ether oxygens (including phenoxy) is 2. The van der Waals surface area contributed by atoms with Crippen molar-refractivity contribution in [3.05, 3.63) is 119 Å². The fraction of sp³-hybridized carbons (Fsp3) is 0.389. The molecule has 2 aliphatic rings. The van der Waals surface area contributed by atoms with Crippen LogP contribution in [0.15, 0.2) is 96.5 Å². The van der Waals surface area contributed by atoms with Crippen molar-refractivity contribution in [1.82, 2.24) is 20.5 Å². The molecule has 1 aromatic heterocycles. The number of halogens is 3. The summed E-state index contributed by atoms with van der Waals surface area (Å²) < 4.78 is 52.9. The number of unbranched alkanes of at least 4 members (excludes halogenated alkanes) is 1. The van der Waals surface area contributed by atoms with Crippen LogP contribution < -0.4 is 25.2 Å². The van der Waals surface area contributed by atoms with Crippen LogP contribution in [0.5, 0.6) is 5.75 Å². The van der Waals surface area contributed by atoms with Gasteiger partial charge in [-0.1, -0.05) is 69.3 Å². The van der Waals surface area contributed by atoms with Crippen LogP contribution in [-0.2, 0) is 30.1 Å². The number of amides is 4. The number of nitrogens with one attached hydrogen (secondary N) is 2. The smallest absolute Gasteiger partial charge is 0.417 e. The second-order valence-electron chi connectivity index (χ2n) is 19.7. The highest BCUT2D eigenvalue weighted by molar-refractivity contribution is 7.81. The lowest BCUT2D eigenvalue weighted by Gasteiger charge is -2.35. The zero-order valence-corrected chi connectivity index (χ0v) is 43.2. The predicted octanol–water partition coefficient (Wildman–Crippen LogP) is 9.14. The fourth-order valence-corrected chi connectivity index (χ4v) is 10.2. The third kappa shape index (κ3) is 12.2. The van der Waals surface area contributed by atoms with Gasteiger partial charge in [-0.3, -0.25) is 24.1 Å². The molecular formula is C54H58F3N7O7S2. The van der Waals surface area contributed by atoms with Gasteiger partial charge in [0.25, 0.3) is 5.91 Å². The van der Waals surface area contributed by atoms with Crippen molar-refractivity contribution in [3.63, 3.8) is 0 Å². The van der Waals surface area contributed by atoms with Crippen molar-refractivity contribution in [2.45, 2.75) is 104 Å². The van der Waals surface area contributed by atoms with E-state index in [0.29, 0.717) is 30.9 Å². The zero-order chi connectivity index (χ0) is 53.0. The number of alkyl halides is 3. The van der Waals surface area contributed by atoms with E-state index in [0.717, 1.165) is 49.9 Å². The Bertz CT molecular complexity index is 2880. The van der Waals surface area contributed by atoms with Gasteiger partial charge in [0.2, 0.25) is 17.7 Å². The molecule has 7 rings (SSSR count). The quantitative estimate of drug-likeness (QED) is 0.0598. The van der Waals surface area contributed by atoms with E-state index < -0.39 is 70.1 Å². The Balaban J connectivity index is 0.847. The number of aliphatic hydroxyl groups is 1. The van der Waals surface area contributed by atoms with E-state index in [9.17, 15) is 42.7 Å². The number of hydrogen-bond donors (Lipinski definition) is 3.